The molecule has 0 saturated carbocycles. The molecule has 2 fully saturated rings. The second-order valence-corrected chi connectivity index (χ2v) is 6.15. The Labute approximate surface area is 130 Å². The SMILES string of the molecule is O=C(N(c1cc2ccccc2o1)[C@@H]1C[C@H]2CC[C@@H]1N2)C(F)(F)F. The molecule has 7 heteroatoms. The number of amides is 1. The molecule has 1 aromatic carbocycles. The molecule has 0 spiro atoms. The molecule has 2 aromatic rings. The van der Waals surface area contributed by atoms with E-state index >= 15 is 0 Å². The minimum Gasteiger partial charge on any atom is -0.440 e. The lowest BCUT2D eigenvalue weighted by atomic mass is 9.94. The zero-order valence-corrected chi connectivity index (χ0v) is 12.1. The van der Waals surface area contributed by atoms with Gasteiger partial charge in [-0.3, -0.25) is 9.69 Å². The first-order valence-corrected chi connectivity index (χ1v) is 7.58. The minimum atomic E-state index is -4.93. The van der Waals surface area contributed by atoms with Gasteiger partial charge in [0.15, 0.2) is 0 Å². The van der Waals surface area contributed by atoms with Crippen molar-refractivity contribution in [1.82, 2.24) is 5.32 Å². The Bertz CT molecular complexity index is 722. The molecule has 2 saturated heterocycles. The lowest BCUT2D eigenvalue weighted by Gasteiger charge is -2.32. The molecule has 3 heterocycles. The third-order valence-electron chi connectivity index (χ3n) is 4.71. The summed E-state index contributed by atoms with van der Waals surface area (Å²) >= 11 is 0. The van der Waals surface area contributed by atoms with Crippen LogP contribution in [0, 0.1) is 0 Å². The summed E-state index contributed by atoms with van der Waals surface area (Å²) in [6.45, 7) is 0. The van der Waals surface area contributed by atoms with E-state index in [0.29, 0.717) is 17.4 Å². The number of nitrogens with zero attached hydrogens (tertiary/aromatic N) is 1. The van der Waals surface area contributed by atoms with Crippen molar-refractivity contribution in [1.29, 1.82) is 0 Å². The Morgan fingerprint density at radius 2 is 2.04 bits per heavy atom. The van der Waals surface area contributed by atoms with Gasteiger partial charge in [-0.15, -0.1) is 0 Å². The molecule has 1 aromatic heterocycles. The Kier molecular flexibility index (Phi) is 3.16. The Morgan fingerprint density at radius 3 is 2.65 bits per heavy atom. The van der Waals surface area contributed by atoms with Gasteiger partial charge in [-0.05, 0) is 25.3 Å². The third kappa shape index (κ3) is 2.39. The molecule has 4 rings (SSSR count). The highest BCUT2D eigenvalue weighted by Gasteiger charge is 2.51. The molecular weight excluding hydrogens is 309 g/mol. The van der Waals surface area contributed by atoms with Crippen LogP contribution in [0.4, 0.5) is 19.1 Å². The quantitative estimate of drug-likeness (QED) is 0.922. The van der Waals surface area contributed by atoms with Crippen molar-refractivity contribution in [3.8, 4) is 0 Å². The predicted molar refractivity (Wildman–Crippen MR) is 78.1 cm³/mol. The fourth-order valence-electron chi connectivity index (χ4n) is 3.72. The van der Waals surface area contributed by atoms with Crippen LogP contribution in [0.25, 0.3) is 11.0 Å². The number of anilines is 1. The first-order valence-electron chi connectivity index (χ1n) is 7.58. The summed E-state index contributed by atoms with van der Waals surface area (Å²) in [5.41, 5.74) is 0.471. The van der Waals surface area contributed by atoms with E-state index in [2.05, 4.69) is 5.32 Å². The first-order chi connectivity index (χ1) is 10.9. The average molecular weight is 324 g/mol. The molecule has 0 radical (unpaired) electrons. The van der Waals surface area contributed by atoms with E-state index in [0.717, 1.165) is 17.7 Å². The molecule has 3 atom stereocenters. The number of hydrogen-bond acceptors (Lipinski definition) is 3. The van der Waals surface area contributed by atoms with Crippen LogP contribution in [0.15, 0.2) is 34.7 Å². The standard InChI is InChI=1S/C16H15F3N2O2/c17-16(18,19)15(22)21(12-8-10-5-6-11(12)20-10)14-7-9-3-1-2-4-13(9)23-14/h1-4,7,10-12,20H,5-6,8H2/t10-,11+,12-/m1/s1. The highest BCUT2D eigenvalue weighted by Crippen LogP contribution is 2.38. The summed E-state index contributed by atoms with van der Waals surface area (Å²) < 4.78 is 44.8. The summed E-state index contributed by atoms with van der Waals surface area (Å²) in [5, 5.41) is 3.94. The van der Waals surface area contributed by atoms with Crippen molar-refractivity contribution in [2.45, 2.75) is 43.6 Å². The van der Waals surface area contributed by atoms with Crippen LogP contribution < -0.4 is 10.2 Å². The van der Waals surface area contributed by atoms with Gasteiger partial charge in [-0.1, -0.05) is 18.2 Å². The van der Waals surface area contributed by atoms with E-state index in [1.54, 1.807) is 24.3 Å². The van der Waals surface area contributed by atoms with Crippen molar-refractivity contribution in [3.63, 3.8) is 0 Å². The minimum absolute atomic E-state index is 0.0344. The van der Waals surface area contributed by atoms with E-state index in [1.165, 1.54) is 6.07 Å². The summed E-state index contributed by atoms with van der Waals surface area (Å²) in [6.07, 6.45) is -2.70. The van der Waals surface area contributed by atoms with Crippen LogP contribution in [-0.4, -0.2) is 30.2 Å². The fourth-order valence-corrected chi connectivity index (χ4v) is 3.72. The van der Waals surface area contributed by atoms with Crippen molar-refractivity contribution >= 4 is 22.8 Å². The largest absolute Gasteiger partial charge is 0.471 e. The number of halogens is 3. The Balaban J connectivity index is 1.77. The van der Waals surface area contributed by atoms with Crippen LogP contribution in [-0.2, 0) is 4.79 Å². The molecule has 2 aliphatic heterocycles. The second-order valence-electron chi connectivity index (χ2n) is 6.15. The smallest absolute Gasteiger partial charge is 0.440 e. The first kappa shape index (κ1) is 14.6. The molecule has 1 N–H and O–H groups in total. The van der Waals surface area contributed by atoms with E-state index in [-0.39, 0.29) is 18.0 Å². The number of alkyl halides is 3. The topological polar surface area (TPSA) is 45.5 Å². The van der Waals surface area contributed by atoms with Gasteiger partial charge in [0.1, 0.15) is 5.58 Å². The zero-order valence-electron chi connectivity index (χ0n) is 12.1. The monoisotopic (exact) mass is 324 g/mol. The summed E-state index contributed by atoms with van der Waals surface area (Å²) in [4.78, 5) is 12.8. The molecular formula is C16H15F3N2O2. The zero-order chi connectivity index (χ0) is 16.2. The van der Waals surface area contributed by atoms with Crippen LogP contribution >= 0.6 is 0 Å². The van der Waals surface area contributed by atoms with Crippen molar-refractivity contribution < 1.29 is 22.4 Å². The number of fused-ring (bicyclic) bond motifs is 3. The van der Waals surface area contributed by atoms with Gasteiger partial charge in [0.2, 0.25) is 5.88 Å². The normalized spacial score (nSPS) is 26.8. The molecule has 0 unspecified atom stereocenters. The van der Waals surface area contributed by atoms with Gasteiger partial charge >= 0.3 is 12.1 Å². The van der Waals surface area contributed by atoms with Crippen LogP contribution in [0.5, 0.6) is 0 Å². The van der Waals surface area contributed by atoms with Crippen molar-refractivity contribution in [2.24, 2.45) is 0 Å². The lowest BCUT2D eigenvalue weighted by Crippen LogP contribution is -2.51. The Morgan fingerprint density at radius 1 is 1.26 bits per heavy atom. The number of carbonyl (C=O) groups excluding carboxylic acids is 1. The Hall–Kier alpha value is -2.02. The van der Waals surface area contributed by atoms with E-state index < -0.39 is 18.1 Å². The molecule has 2 aliphatic rings. The van der Waals surface area contributed by atoms with Crippen LogP contribution in [0.1, 0.15) is 19.3 Å². The molecule has 23 heavy (non-hydrogen) atoms. The number of carbonyl (C=O) groups is 1. The number of furan rings is 1. The van der Waals surface area contributed by atoms with Gasteiger partial charge in [0.05, 0.1) is 6.04 Å². The highest BCUT2D eigenvalue weighted by molar-refractivity contribution is 5.98. The van der Waals surface area contributed by atoms with Gasteiger partial charge in [0.25, 0.3) is 0 Å². The lowest BCUT2D eigenvalue weighted by molar-refractivity contribution is -0.171. The van der Waals surface area contributed by atoms with Crippen molar-refractivity contribution in [2.75, 3.05) is 4.90 Å². The maximum atomic E-state index is 13.1. The third-order valence-corrected chi connectivity index (χ3v) is 4.71. The molecule has 1 amide bonds. The number of hydrogen-bond donors (Lipinski definition) is 1. The maximum Gasteiger partial charge on any atom is 0.471 e. The van der Waals surface area contributed by atoms with Crippen LogP contribution in [0.3, 0.4) is 0 Å². The van der Waals surface area contributed by atoms with Gasteiger partial charge in [-0.25, -0.2) is 0 Å². The second kappa shape index (κ2) is 4.99. The molecule has 2 bridgehead atoms. The van der Waals surface area contributed by atoms with Gasteiger partial charge in [-0.2, -0.15) is 13.2 Å². The maximum absolute atomic E-state index is 13.1. The number of benzene rings is 1. The van der Waals surface area contributed by atoms with E-state index in [4.69, 9.17) is 4.42 Å². The fraction of sp³-hybridized carbons (Fsp3) is 0.438. The number of para-hydroxylation sites is 1. The molecule has 4 nitrogen and oxygen atoms in total. The highest BCUT2D eigenvalue weighted by atomic mass is 19.4. The summed E-state index contributed by atoms with van der Waals surface area (Å²) in [5.74, 6) is -1.90. The number of nitrogens with one attached hydrogen (secondary N) is 1. The van der Waals surface area contributed by atoms with Crippen molar-refractivity contribution in [3.05, 3.63) is 30.3 Å². The van der Waals surface area contributed by atoms with Crippen LogP contribution in [0.2, 0.25) is 0 Å². The summed E-state index contributed by atoms with van der Waals surface area (Å²) in [7, 11) is 0. The van der Waals surface area contributed by atoms with Gasteiger partial charge < -0.3 is 9.73 Å². The predicted octanol–water partition coefficient (Wildman–Crippen LogP) is 3.22. The molecule has 0 aliphatic carbocycles. The van der Waals surface area contributed by atoms with E-state index in [9.17, 15) is 18.0 Å². The van der Waals surface area contributed by atoms with Gasteiger partial charge in [0, 0.05) is 23.5 Å². The van der Waals surface area contributed by atoms with E-state index in [1.807, 2.05) is 0 Å². The summed E-state index contributed by atoms with van der Waals surface area (Å²) in [6, 6.07) is 7.98. The number of rotatable bonds is 2. The average Bonchev–Trinajstić information content (AvgIpc) is 3.20. The molecule has 122 valence electrons.